The summed E-state index contributed by atoms with van der Waals surface area (Å²) in [4.78, 5) is 13.1. The van der Waals surface area contributed by atoms with E-state index in [2.05, 4.69) is 5.32 Å². The Morgan fingerprint density at radius 3 is 2.21 bits per heavy atom. The molecular weight excluding hydrogens is 376 g/mol. The van der Waals surface area contributed by atoms with E-state index < -0.39 is 15.4 Å². The standard InChI is InChI=1S/C21H28N2O4S/c1-6-23(7-2)28(25,26)17-13-14-19(27-5)18(15-17)22-20(24)21(3,4)16-11-9-8-10-12-16/h8-15H,6-7H2,1-5H3,(H,22,24). The number of benzene rings is 2. The highest BCUT2D eigenvalue weighted by atomic mass is 32.2. The van der Waals surface area contributed by atoms with Gasteiger partial charge in [0.2, 0.25) is 15.9 Å². The molecule has 0 aromatic heterocycles. The van der Waals surface area contributed by atoms with Crippen molar-refractivity contribution in [1.82, 2.24) is 4.31 Å². The quantitative estimate of drug-likeness (QED) is 0.729. The molecule has 1 amide bonds. The molecule has 7 heteroatoms. The highest BCUT2D eigenvalue weighted by Crippen LogP contribution is 2.31. The van der Waals surface area contributed by atoms with Gasteiger partial charge in [-0.1, -0.05) is 44.2 Å². The number of carbonyl (C=O) groups excluding carboxylic acids is 1. The number of carbonyl (C=O) groups is 1. The van der Waals surface area contributed by atoms with E-state index in [1.54, 1.807) is 19.9 Å². The molecule has 1 N–H and O–H groups in total. The third-order valence-corrected chi connectivity index (χ3v) is 6.87. The fourth-order valence-electron chi connectivity index (χ4n) is 2.92. The lowest BCUT2D eigenvalue weighted by Crippen LogP contribution is -2.35. The van der Waals surface area contributed by atoms with Crippen LogP contribution in [0.5, 0.6) is 5.75 Å². The van der Waals surface area contributed by atoms with Crippen LogP contribution in [0.2, 0.25) is 0 Å². The Hall–Kier alpha value is -2.38. The Bertz CT molecular complexity index is 921. The first kappa shape index (κ1) is 21.9. The van der Waals surface area contributed by atoms with Gasteiger partial charge >= 0.3 is 0 Å². The lowest BCUT2D eigenvalue weighted by molar-refractivity contribution is -0.120. The van der Waals surface area contributed by atoms with Gasteiger partial charge in [-0.05, 0) is 37.6 Å². The van der Waals surface area contributed by atoms with Crippen LogP contribution in [-0.4, -0.2) is 38.8 Å². The van der Waals surface area contributed by atoms with Crippen LogP contribution in [0, 0.1) is 0 Å². The first-order valence-corrected chi connectivity index (χ1v) is 10.7. The molecule has 28 heavy (non-hydrogen) atoms. The number of rotatable bonds is 8. The SMILES string of the molecule is CCN(CC)S(=O)(=O)c1ccc(OC)c(NC(=O)C(C)(C)c2ccccc2)c1. The molecule has 152 valence electrons. The maximum atomic E-state index is 13.0. The van der Waals surface area contributed by atoms with Crippen LogP contribution in [0.4, 0.5) is 5.69 Å². The fourth-order valence-corrected chi connectivity index (χ4v) is 4.41. The zero-order valence-corrected chi connectivity index (χ0v) is 17.8. The van der Waals surface area contributed by atoms with Crippen LogP contribution in [0.25, 0.3) is 0 Å². The summed E-state index contributed by atoms with van der Waals surface area (Å²) >= 11 is 0. The van der Waals surface area contributed by atoms with Crippen molar-refractivity contribution in [3.8, 4) is 5.75 Å². The van der Waals surface area contributed by atoms with Crippen molar-refractivity contribution in [2.75, 3.05) is 25.5 Å². The summed E-state index contributed by atoms with van der Waals surface area (Å²) in [7, 11) is -2.17. The van der Waals surface area contributed by atoms with Crippen LogP contribution in [0.1, 0.15) is 33.3 Å². The molecule has 0 saturated heterocycles. The highest BCUT2D eigenvalue weighted by Gasteiger charge is 2.31. The van der Waals surface area contributed by atoms with E-state index in [0.717, 1.165) is 5.56 Å². The van der Waals surface area contributed by atoms with Crippen LogP contribution in [0.15, 0.2) is 53.4 Å². The van der Waals surface area contributed by atoms with Crippen LogP contribution in [-0.2, 0) is 20.2 Å². The monoisotopic (exact) mass is 404 g/mol. The second-order valence-electron chi connectivity index (χ2n) is 6.90. The minimum Gasteiger partial charge on any atom is -0.495 e. The molecule has 0 fully saturated rings. The van der Waals surface area contributed by atoms with Crippen molar-refractivity contribution in [3.63, 3.8) is 0 Å². The molecule has 0 aliphatic heterocycles. The molecule has 0 aliphatic carbocycles. The summed E-state index contributed by atoms with van der Waals surface area (Å²) < 4.78 is 32.3. The van der Waals surface area contributed by atoms with Crippen molar-refractivity contribution < 1.29 is 17.9 Å². The van der Waals surface area contributed by atoms with Gasteiger partial charge < -0.3 is 10.1 Å². The molecule has 0 atom stereocenters. The van der Waals surface area contributed by atoms with E-state index in [1.165, 1.54) is 23.5 Å². The number of anilines is 1. The summed E-state index contributed by atoms with van der Waals surface area (Å²) in [6, 6.07) is 13.9. The molecule has 0 bridgehead atoms. The van der Waals surface area contributed by atoms with Crippen LogP contribution >= 0.6 is 0 Å². The zero-order chi connectivity index (χ0) is 20.9. The van der Waals surface area contributed by atoms with E-state index in [0.29, 0.717) is 24.5 Å². The molecule has 0 heterocycles. The van der Waals surface area contributed by atoms with E-state index in [4.69, 9.17) is 4.74 Å². The van der Waals surface area contributed by atoms with Crippen molar-refractivity contribution in [2.45, 2.75) is 38.0 Å². The van der Waals surface area contributed by atoms with Crippen molar-refractivity contribution >= 4 is 21.6 Å². The second kappa shape index (κ2) is 8.75. The third-order valence-electron chi connectivity index (χ3n) is 4.83. The number of methoxy groups -OCH3 is 1. The Labute approximate surface area is 167 Å². The van der Waals surface area contributed by atoms with Crippen LogP contribution in [0.3, 0.4) is 0 Å². The Morgan fingerprint density at radius 1 is 1.07 bits per heavy atom. The molecule has 2 aromatic rings. The minimum absolute atomic E-state index is 0.116. The molecule has 0 radical (unpaired) electrons. The van der Waals surface area contributed by atoms with Crippen molar-refractivity contribution in [3.05, 3.63) is 54.1 Å². The number of amides is 1. The number of nitrogens with one attached hydrogen (secondary N) is 1. The Morgan fingerprint density at radius 2 is 1.68 bits per heavy atom. The number of hydrogen-bond donors (Lipinski definition) is 1. The third kappa shape index (κ3) is 4.36. The molecule has 0 spiro atoms. The van der Waals surface area contributed by atoms with Gasteiger partial charge in [0.25, 0.3) is 0 Å². The number of ether oxygens (including phenoxy) is 1. The van der Waals surface area contributed by atoms with Gasteiger partial charge in [-0.2, -0.15) is 4.31 Å². The van der Waals surface area contributed by atoms with Gasteiger partial charge in [-0.15, -0.1) is 0 Å². The summed E-state index contributed by atoms with van der Waals surface area (Å²) in [5.41, 5.74) is 0.378. The molecular formula is C21H28N2O4S. The van der Waals surface area contributed by atoms with E-state index in [1.807, 2.05) is 44.2 Å². The van der Waals surface area contributed by atoms with Gasteiger partial charge in [0.1, 0.15) is 5.75 Å². The predicted octanol–water partition coefficient (Wildman–Crippen LogP) is 3.64. The molecule has 0 aliphatic rings. The largest absolute Gasteiger partial charge is 0.495 e. The summed E-state index contributed by atoms with van der Waals surface area (Å²) in [5, 5.41) is 2.84. The number of sulfonamides is 1. The normalized spacial score (nSPS) is 12.1. The number of nitrogens with zero attached hydrogens (tertiary/aromatic N) is 1. The van der Waals surface area contributed by atoms with E-state index in [-0.39, 0.29) is 10.8 Å². The maximum Gasteiger partial charge on any atom is 0.243 e. The second-order valence-corrected chi connectivity index (χ2v) is 8.83. The highest BCUT2D eigenvalue weighted by molar-refractivity contribution is 7.89. The molecule has 0 unspecified atom stereocenters. The maximum absolute atomic E-state index is 13.0. The first-order valence-electron chi connectivity index (χ1n) is 9.23. The van der Waals surface area contributed by atoms with Crippen LogP contribution < -0.4 is 10.1 Å². The molecule has 6 nitrogen and oxygen atoms in total. The lowest BCUT2D eigenvalue weighted by atomic mass is 9.83. The Kier molecular flexibility index (Phi) is 6.85. The lowest BCUT2D eigenvalue weighted by Gasteiger charge is -2.25. The van der Waals surface area contributed by atoms with Crippen molar-refractivity contribution in [2.24, 2.45) is 0 Å². The number of hydrogen-bond acceptors (Lipinski definition) is 4. The van der Waals surface area contributed by atoms with E-state index >= 15 is 0 Å². The average molecular weight is 405 g/mol. The van der Waals surface area contributed by atoms with Crippen molar-refractivity contribution in [1.29, 1.82) is 0 Å². The topological polar surface area (TPSA) is 75.7 Å². The summed E-state index contributed by atoms with van der Waals surface area (Å²) in [6.45, 7) is 7.95. The van der Waals surface area contributed by atoms with E-state index in [9.17, 15) is 13.2 Å². The van der Waals surface area contributed by atoms with Gasteiger partial charge in [-0.3, -0.25) is 4.79 Å². The smallest absolute Gasteiger partial charge is 0.243 e. The zero-order valence-electron chi connectivity index (χ0n) is 17.0. The minimum atomic E-state index is -3.65. The Balaban J connectivity index is 2.41. The average Bonchev–Trinajstić information content (AvgIpc) is 2.69. The molecule has 2 aromatic carbocycles. The molecule has 2 rings (SSSR count). The fraction of sp³-hybridized carbons (Fsp3) is 0.381. The van der Waals surface area contributed by atoms with Gasteiger partial charge in [0.15, 0.2) is 0 Å². The first-order chi connectivity index (χ1) is 13.2. The van der Waals surface area contributed by atoms with Gasteiger partial charge in [0.05, 0.1) is 23.1 Å². The van der Waals surface area contributed by atoms with Gasteiger partial charge in [-0.25, -0.2) is 8.42 Å². The summed E-state index contributed by atoms with van der Waals surface area (Å²) in [5.74, 6) is 0.144. The van der Waals surface area contributed by atoms with Gasteiger partial charge in [0, 0.05) is 13.1 Å². The predicted molar refractivity (Wildman–Crippen MR) is 111 cm³/mol. The summed E-state index contributed by atoms with van der Waals surface area (Å²) in [6.07, 6.45) is 0. The molecule has 0 saturated carbocycles.